The van der Waals surface area contributed by atoms with Gasteiger partial charge in [-0.1, -0.05) is 29.8 Å². The summed E-state index contributed by atoms with van der Waals surface area (Å²) in [4.78, 5) is 19.7. The quantitative estimate of drug-likeness (QED) is 0.534. The number of benzene rings is 1. The van der Waals surface area contributed by atoms with Crippen molar-refractivity contribution in [3.05, 3.63) is 73.2 Å². The number of anilines is 1. The van der Waals surface area contributed by atoms with Crippen LogP contribution in [0.5, 0.6) is 0 Å². The summed E-state index contributed by atoms with van der Waals surface area (Å²) in [5.74, 6) is -0.0410. The lowest BCUT2D eigenvalue weighted by Gasteiger charge is -2.39. The Kier molecular flexibility index (Phi) is 6.60. The van der Waals surface area contributed by atoms with Crippen LogP contribution in [0.3, 0.4) is 0 Å². The number of carbonyl (C=O) groups excluding carboxylic acids is 1. The van der Waals surface area contributed by atoms with Gasteiger partial charge in [-0.25, -0.2) is 0 Å². The Morgan fingerprint density at radius 3 is 2.43 bits per heavy atom. The van der Waals surface area contributed by atoms with E-state index in [0.29, 0.717) is 0 Å². The third-order valence-corrected chi connectivity index (χ3v) is 8.03. The minimum Gasteiger partial charge on any atom is -0.313 e. The number of rotatable bonds is 5. The summed E-state index contributed by atoms with van der Waals surface area (Å²) < 4.78 is 0. The molecule has 30 heavy (non-hydrogen) atoms. The van der Waals surface area contributed by atoms with Gasteiger partial charge in [-0.15, -0.1) is 22.7 Å². The maximum absolute atomic E-state index is 12.8. The van der Waals surface area contributed by atoms with Gasteiger partial charge in [0.15, 0.2) is 0 Å². The first-order valence-corrected chi connectivity index (χ1v) is 12.1. The molecule has 1 N–H and O–H groups in total. The molecule has 0 bridgehead atoms. The first-order chi connectivity index (χ1) is 14.4. The summed E-state index contributed by atoms with van der Waals surface area (Å²) >= 11 is 9.32. The molecule has 2 aromatic heterocycles. The van der Waals surface area contributed by atoms with E-state index in [1.54, 1.807) is 11.3 Å². The first kappa shape index (κ1) is 21.5. The molecule has 0 saturated carbocycles. The molecule has 0 unspecified atom stereocenters. The van der Waals surface area contributed by atoms with Crippen molar-refractivity contribution in [2.24, 2.45) is 0 Å². The van der Waals surface area contributed by atoms with E-state index >= 15 is 0 Å². The molecule has 4 nitrogen and oxygen atoms in total. The first-order valence-electron chi connectivity index (χ1n) is 10.1. The van der Waals surface area contributed by atoms with Gasteiger partial charge in [-0.05, 0) is 55.6 Å². The molecule has 0 radical (unpaired) electrons. The number of likely N-dealkylation sites (N-methyl/N-ethyl adjacent to an activating group) is 1. The van der Waals surface area contributed by atoms with Gasteiger partial charge >= 0.3 is 0 Å². The van der Waals surface area contributed by atoms with Crippen molar-refractivity contribution >= 4 is 45.2 Å². The molecular weight excluding hydrogens is 434 g/mol. The second-order valence-corrected chi connectivity index (χ2v) is 10.4. The third-order valence-electron chi connectivity index (χ3n) is 5.77. The second kappa shape index (κ2) is 9.20. The minimum atomic E-state index is -0.0410. The number of carbonyl (C=O) groups is 1. The smallest absolute Gasteiger partial charge is 0.266 e. The molecule has 158 valence electrons. The van der Waals surface area contributed by atoms with E-state index in [2.05, 4.69) is 48.1 Å². The SMILES string of the molecule is Cc1sc(NC(=O)c2cccs2)c([C@H](c2ccc(Cl)cc2)N2CCN(C)CC2)c1C. The second-order valence-electron chi connectivity index (χ2n) is 7.75. The Hall–Kier alpha value is -1.70. The van der Waals surface area contributed by atoms with Crippen LogP contribution in [0.4, 0.5) is 5.00 Å². The summed E-state index contributed by atoms with van der Waals surface area (Å²) in [5.41, 5.74) is 3.66. The molecule has 1 aliphatic rings. The molecule has 1 aromatic carbocycles. The van der Waals surface area contributed by atoms with Crippen molar-refractivity contribution in [3.8, 4) is 0 Å². The topological polar surface area (TPSA) is 35.6 Å². The normalized spacial score (nSPS) is 16.5. The number of nitrogens with zero attached hydrogens (tertiary/aromatic N) is 2. The number of hydrogen-bond acceptors (Lipinski definition) is 5. The van der Waals surface area contributed by atoms with Crippen molar-refractivity contribution in [2.75, 3.05) is 38.5 Å². The van der Waals surface area contributed by atoms with Gasteiger partial charge in [0.25, 0.3) is 5.91 Å². The fourth-order valence-corrected chi connectivity index (χ4v) is 5.76. The lowest BCUT2D eigenvalue weighted by molar-refractivity contribution is 0.103. The Morgan fingerprint density at radius 2 is 1.80 bits per heavy atom. The summed E-state index contributed by atoms with van der Waals surface area (Å²) in [6.45, 7) is 8.33. The molecule has 7 heteroatoms. The van der Waals surface area contributed by atoms with E-state index in [1.807, 2.05) is 29.6 Å². The predicted molar refractivity (Wildman–Crippen MR) is 128 cm³/mol. The van der Waals surface area contributed by atoms with Crippen molar-refractivity contribution in [2.45, 2.75) is 19.9 Å². The Balaban J connectivity index is 1.76. The number of nitrogens with one attached hydrogen (secondary N) is 1. The Labute approximate surface area is 191 Å². The van der Waals surface area contributed by atoms with E-state index in [0.717, 1.165) is 41.1 Å². The van der Waals surface area contributed by atoms with E-state index in [9.17, 15) is 4.79 Å². The van der Waals surface area contributed by atoms with Gasteiger partial charge in [-0.3, -0.25) is 9.69 Å². The molecular formula is C23H26ClN3OS2. The van der Waals surface area contributed by atoms with Gasteiger partial charge in [0.05, 0.1) is 10.9 Å². The van der Waals surface area contributed by atoms with Gasteiger partial charge < -0.3 is 10.2 Å². The van der Waals surface area contributed by atoms with E-state index in [1.165, 1.54) is 32.9 Å². The number of hydrogen-bond donors (Lipinski definition) is 1. The molecule has 3 aromatic rings. The highest BCUT2D eigenvalue weighted by atomic mass is 35.5. The van der Waals surface area contributed by atoms with E-state index < -0.39 is 0 Å². The molecule has 0 spiro atoms. The Bertz CT molecular complexity index is 1010. The molecule has 1 saturated heterocycles. The zero-order valence-corrected chi connectivity index (χ0v) is 19.8. The number of aryl methyl sites for hydroxylation is 1. The van der Waals surface area contributed by atoms with Crippen LogP contribution in [0.25, 0.3) is 0 Å². The lowest BCUT2D eigenvalue weighted by atomic mass is 9.94. The highest BCUT2D eigenvalue weighted by molar-refractivity contribution is 7.17. The third kappa shape index (κ3) is 4.48. The van der Waals surface area contributed by atoms with E-state index in [4.69, 9.17) is 11.6 Å². The van der Waals surface area contributed by atoms with E-state index in [-0.39, 0.29) is 11.9 Å². The van der Waals surface area contributed by atoms with Crippen LogP contribution in [-0.2, 0) is 0 Å². The molecule has 1 atom stereocenters. The monoisotopic (exact) mass is 459 g/mol. The molecule has 1 amide bonds. The van der Waals surface area contributed by atoms with Crippen LogP contribution in [0.15, 0.2) is 41.8 Å². The molecule has 4 rings (SSSR count). The lowest BCUT2D eigenvalue weighted by Crippen LogP contribution is -2.46. The molecule has 1 fully saturated rings. The van der Waals surface area contributed by atoms with Crippen molar-refractivity contribution in [1.29, 1.82) is 0 Å². The van der Waals surface area contributed by atoms with Crippen LogP contribution in [0.1, 0.15) is 37.3 Å². The molecule has 3 heterocycles. The van der Waals surface area contributed by atoms with Gasteiger partial charge in [0, 0.05) is 41.6 Å². The van der Waals surface area contributed by atoms with Crippen molar-refractivity contribution in [1.82, 2.24) is 9.80 Å². The maximum atomic E-state index is 12.8. The maximum Gasteiger partial charge on any atom is 0.266 e. The van der Waals surface area contributed by atoms with Crippen molar-refractivity contribution < 1.29 is 4.79 Å². The van der Waals surface area contributed by atoms with Crippen LogP contribution in [0.2, 0.25) is 5.02 Å². The zero-order chi connectivity index (χ0) is 21.3. The summed E-state index contributed by atoms with van der Waals surface area (Å²) in [6, 6.07) is 12.0. The fourth-order valence-electron chi connectivity index (χ4n) is 3.92. The van der Waals surface area contributed by atoms with Gasteiger partial charge in [0.1, 0.15) is 5.00 Å². The zero-order valence-electron chi connectivity index (χ0n) is 17.4. The highest BCUT2D eigenvalue weighted by Crippen LogP contribution is 2.42. The minimum absolute atomic E-state index is 0.0410. The largest absolute Gasteiger partial charge is 0.313 e. The number of piperazine rings is 1. The van der Waals surface area contributed by atoms with Crippen LogP contribution in [-0.4, -0.2) is 48.9 Å². The highest BCUT2D eigenvalue weighted by Gasteiger charge is 2.31. The summed E-state index contributed by atoms with van der Waals surface area (Å²) in [5, 5.41) is 6.83. The average molecular weight is 460 g/mol. The Morgan fingerprint density at radius 1 is 1.10 bits per heavy atom. The summed E-state index contributed by atoms with van der Waals surface area (Å²) in [6.07, 6.45) is 0. The standard InChI is InChI=1S/C23H26ClN3OS2/c1-15-16(2)30-23(25-22(28)19-5-4-14-29-19)20(15)21(17-6-8-18(24)9-7-17)27-12-10-26(3)11-13-27/h4-9,14,21H,10-13H2,1-3H3,(H,25,28)/t21-/m0/s1. The predicted octanol–water partition coefficient (Wildman–Crippen LogP) is 5.67. The van der Waals surface area contributed by atoms with Crippen LogP contribution >= 0.6 is 34.3 Å². The van der Waals surface area contributed by atoms with Crippen LogP contribution < -0.4 is 5.32 Å². The summed E-state index contributed by atoms with van der Waals surface area (Å²) in [7, 11) is 2.17. The number of thiophene rings is 2. The van der Waals surface area contributed by atoms with Gasteiger partial charge in [0.2, 0.25) is 0 Å². The fraction of sp³-hybridized carbons (Fsp3) is 0.348. The molecule has 1 aliphatic heterocycles. The number of halogens is 1. The van der Waals surface area contributed by atoms with Crippen molar-refractivity contribution in [3.63, 3.8) is 0 Å². The number of amides is 1. The molecule has 0 aliphatic carbocycles. The van der Waals surface area contributed by atoms with Crippen LogP contribution in [0, 0.1) is 13.8 Å². The van der Waals surface area contributed by atoms with Gasteiger partial charge in [-0.2, -0.15) is 0 Å². The average Bonchev–Trinajstić information content (AvgIpc) is 3.36.